The molecule has 0 radical (unpaired) electrons. The Kier molecular flexibility index (Phi) is 10.1. The van der Waals surface area contributed by atoms with Crippen molar-refractivity contribution in [3.63, 3.8) is 0 Å². The first-order chi connectivity index (χ1) is 11.1. The van der Waals surface area contributed by atoms with Crippen molar-refractivity contribution in [2.75, 3.05) is 32.8 Å². The van der Waals surface area contributed by atoms with Crippen molar-refractivity contribution in [2.24, 2.45) is 18.0 Å². The van der Waals surface area contributed by atoms with Crippen LogP contribution in [0.15, 0.2) is 17.4 Å². The van der Waals surface area contributed by atoms with Crippen LogP contribution in [0.2, 0.25) is 0 Å². The summed E-state index contributed by atoms with van der Waals surface area (Å²) in [6, 6.07) is 0. The molecule has 1 aromatic rings. The van der Waals surface area contributed by atoms with Crippen LogP contribution in [0.4, 0.5) is 0 Å². The van der Waals surface area contributed by atoms with Crippen LogP contribution < -0.4 is 10.6 Å². The number of nitrogens with one attached hydrogen (secondary N) is 2. The Hall–Kier alpha value is -1.56. The number of nitrogens with zero attached hydrogens (tertiary/aromatic N) is 3. The van der Waals surface area contributed by atoms with Crippen LogP contribution in [-0.2, 0) is 18.2 Å². The van der Waals surface area contributed by atoms with E-state index in [1.165, 1.54) is 5.56 Å². The maximum atomic E-state index is 5.58. The summed E-state index contributed by atoms with van der Waals surface area (Å²) in [7, 11) is 1.94. The van der Waals surface area contributed by atoms with Gasteiger partial charge >= 0.3 is 0 Å². The van der Waals surface area contributed by atoms with E-state index in [0.717, 1.165) is 58.1 Å². The number of rotatable bonds is 11. The molecule has 0 fully saturated rings. The average Bonchev–Trinajstić information content (AvgIpc) is 2.92. The third-order valence-electron chi connectivity index (χ3n) is 3.21. The van der Waals surface area contributed by atoms with E-state index >= 15 is 0 Å². The quantitative estimate of drug-likeness (QED) is 0.371. The summed E-state index contributed by atoms with van der Waals surface area (Å²) < 4.78 is 7.42. The molecule has 1 aromatic heterocycles. The molecule has 0 aliphatic heterocycles. The Balaban J connectivity index is 2.16. The van der Waals surface area contributed by atoms with Crippen molar-refractivity contribution in [2.45, 2.75) is 40.0 Å². The third kappa shape index (κ3) is 9.94. The molecule has 1 rings (SSSR count). The van der Waals surface area contributed by atoms with Gasteiger partial charge in [-0.2, -0.15) is 5.10 Å². The van der Waals surface area contributed by atoms with E-state index in [1.807, 2.05) is 17.9 Å². The minimum absolute atomic E-state index is 0.599. The van der Waals surface area contributed by atoms with Crippen molar-refractivity contribution in [3.05, 3.63) is 18.0 Å². The molecule has 0 aliphatic carbocycles. The van der Waals surface area contributed by atoms with Crippen LogP contribution in [0.3, 0.4) is 0 Å². The molecule has 0 saturated heterocycles. The zero-order valence-corrected chi connectivity index (χ0v) is 15.1. The summed E-state index contributed by atoms with van der Waals surface area (Å²) in [5.74, 6) is 1.49. The van der Waals surface area contributed by atoms with Crippen molar-refractivity contribution in [3.8, 4) is 0 Å². The predicted molar refractivity (Wildman–Crippen MR) is 95.8 cm³/mol. The summed E-state index contributed by atoms with van der Waals surface area (Å²) in [5.41, 5.74) is 1.27. The number of aliphatic imine (C=N–C) groups is 1. The van der Waals surface area contributed by atoms with Gasteiger partial charge in [0.2, 0.25) is 0 Å². The SMILES string of the molecule is CCNC(=NCCCc1cnn(C)c1)NCCCOCC(C)C. The smallest absolute Gasteiger partial charge is 0.191 e. The lowest BCUT2D eigenvalue weighted by atomic mass is 10.2. The van der Waals surface area contributed by atoms with Gasteiger partial charge in [0.25, 0.3) is 0 Å². The first kappa shape index (κ1) is 19.5. The Labute approximate surface area is 140 Å². The van der Waals surface area contributed by atoms with Gasteiger partial charge in [-0.05, 0) is 37.7 Å². The molecule has 132 valence electrons. The summed E-state index contributed by atoms with van der Waals surface area (Å²) in [5, 5.41) is 10.8. The highest BCUT2D eigenvalue weighted by atomic mass is 16.5. The highest BCUT2D eigenvalue weighted by molar-refractivity contribution is 5.79. The van der Waals surface area contributed by atoms with Gasteiger partial charge in [-0.3, -0.25) is 9.67 Å². The number of aryl methyl sites for hydroxylation is 2. The van der Waals surface area contributed by atoms with Crippen molar-refractivity contribution in [1.29, 1.82) is 0 Å². The van der Waals surface area contributed by atoms with E-state index in [4.69, 9.17) is 4.74 Å². The van der Waals surface area contributed by atoms with Crippen molar-refractivity contribution >= 4 is 5.96 Å². The molecule has 0 aromatic carbocycles. The first-order valence-electron chi connectivity index (χ1n) is 8.69. The van der Waals surface area contributed by atoms with Crippen molar-refractivity contribution in [1.82, 2.24) is 20.4 Å². The zero-order chi connectivity index (χ0) is 16.9. The fourth-order valence-electron chi connectivity index (χ4n) is 2.12. The third-order valence-corrected chi connectivity index (χ3v) is 3.21. The minimum Gasteiger partial charge on any atom is -0.381 e. The van der Waals surface area contributed by atoms with Crippen LogP contribution in [0.5, 0.6) is 0 Å². The number of hydrogen-bond donors (Lipinski definition) is 2. The van der Waals surface area contributed by atoms with E-state index < -0.39 is 0 Å². The summed E-state index contributed by atoms with van der Waals surface area (Å²) in [6.45, 7) is 10.6. The van der Waals surface area contributed by atoms with Crippen LogP contribution in [0.25, 0.3) is 0 Å². The molecule has 0 saturated carbocycles. The Bertz CT molecular complexity index is 442. The Morgan fingerprint density at radius 3 is 2.83 bits per heavy atom. The minimum atomic E-state index is 0.599. The molecule has 0 atom stereocenters. The molecular formula is C17H33N5O. The maximum Gasteiger partial charge on any atom is 0.191 e. The number of ether oxygens (including phenoxy) is 1. The van der Waals surface area contributed by atoms with E-state index in [9.17, 15) is 0 Å². The van der Waals surface area contributed by atoms with Gasteiger partial charge in [0.1, 0.15) is 0 Å². The monoisotopic (exact) mass is 323 g/mol. The largest absolute Gasteiger partial charge is 0.381 e. The highest BCUT2D eigenvalue weighted by Crippen LogP contribution is 2.00. The standard InChI is InChI=1S/C17H33N5O/c1-5-18-17(20-10-7-11-23-14-15(2)3)19-9-6-8-16-12-21-22(4)13-16/h12-13,15H,5-11,14H2,1-4H3,(H2,18,19,20). The molecule has 6 nitrogen and oxygen atoms in total. The molecule has 2 N–H and O–H groups in total. The highest BCUT2D eigenvalue weighted by Gasteiger charge is 1.99. The van der Waals surface area contributed by atoms with Gasteiger partial charge in [-0.15, -0.1) is 0 Å². The van der Waals surface area contributed by atoms with E-state index in [1.54, 1.807) is 0 Å². The van der Waals surface area contributed by atoms with E-state index in [-0.39, 0.29) is 0 Å². The molecule has 0 amide bonds. The summed E-state index contributed by atoms with van der Waals surface area (Å²) in [4.78, 5) is 4.61. The second-order valence-electron chi connectivity index (χ2n) is 6.14. The Morgan fingerprint density at radius 1 is 1.35 bits per heavy atom. The topological polar surface area (TPSA) is 63.5 Å². The number of guanidine groups is 1. The molecule has 0 bridgehead atoms. The molecular weight excluding hydrogens is 290 g/mol. The van der Waals surface area contributed by atoms with Gasteiger partial charge in [0.15, 0.2) is 5.96 Å². The van der Waals surface area contributed by atoms with Gasteiger partial charge in [0, 0.05) is 46.1 Å². The van der Waals surface area contributed by atoms with Crippen LogP contribution in [0.1, 0.15) is 39.2 Å². The van der Waals surface area contributed by atoms with Gasteiger partial charge < -0.3 is 15.4 Å². The van der Waals surface area contributed by atoms with Gasteiger partial charge in [-0.1, -0.05) is 13.8 Å². The fraction of sp³-hybridized carbons (Fsp3) is 0.765. The lowest BCUT2D eigenvalue weighted by Crippen LogP contribution is -2.38. The Morgan fingerprint density at radius 2 is 2.17 bits per heavy atom. The number of hydrogen-bond acceptors (Lipinski definition) is 3. The van der Waals surface area contributed by atoms with E-state index in [2.05, 4.69) is 47.7 Å². The summed E-state index contributed by atoms with van der Waals surface area (Å²) >= 11 is 0. The van der Waals surface area contributed by atoms with Crippen LogP contribution >= 0.6 is 0 Å². The molecule has 0 unspecified atom stereocenters. The molecule has 6 heteroatoms. The zero-order valence-electron chi connectivity index (χ0n) is 15.1. The van der Waals surface area contributed by atoms with Crippen molar-refractivity contribution < 1.29 is 4.74 Å². The molecule has 23 heavy (non-hydrogen) atoms. The molecule has 1 heterocycles. The lowest BCUT2D eigenvalue weighted by Gasteiger charge is -2.11. The predicted octanol–water partition coefficient (Wildman–Crippen LogP) is 1.97. The van der Waals surface area contributed by atoms with Crippen LogP contribution in [-0.4, -0.2) is 48.6 Å². The van der Waals surface area contributed by atoms with Gasteiger partial charge in [0.05, 0.1) is 6.20 Å². The number of aromatic nitrogens is 2. The maximum absolute atomic E-state index is 5.58. The van der Waals surface area contributed by atoms with Gasteiger partial charge in [-0.25, -0.2) is 0 Å². The fourth-order valence-corrected chi connectivity index (χ4v) is 2.12. The van der Waals surface area contributed by atoms with Crippen LogP contribution in [0, 0.1) is 5.92 Å². The normalized spacial score (nSPS) is 12.0. The van der Waals surface area contributed by atoms with E-state index in [0.29, 0.717) is 5.92 Å². The summed E-state index contributed by atoms with van der Waals surface area (Å²) in [6.07, 6.45) is 7.01. The molecule has 0 spiro atoms. The second kappa shape index (κ2) is 11.9. The molecule has 0 aliphatic rings. The lowest BCUT2D eigenvalue weighted by molar-refractivity contribution is 0.108. The second-order valence-corrected chi connectivity index (χ2v) is 6.14. The first-order valence-corrected chi connectivity index (χ1v) is 8.69. The average molecular weight is 323 g/mol.